The molecule has 3 rings (SSSR count). The van der Waals surface area contributed by atoms with Crippen molar-refractivity contribution < 1.29 is 14.4 Å². The van der Waals surface area contributed by atoms with Crippen molar-refractivity contribution >= 4 is 28.5 Å². The van der Waals surface area contributed by atoms with E-state index >= 15 is 0 Å². The summed E-state index contributed by atoms with van der Waals surface area (Å²) in [7, 11) is 1.78. The number of aryl methyl sites for hydroxylation is 1. The molecule has 0 spiro atoms. The van der Waals surface area contributed by atoms with Crippen molar-refractivity contribution in [1.82, 2.24) is 14.9 Å². The van der Waals surface area contributed by atoms with E-state index in [1.54, 1.807) is 17.8 Å². The fourth-order valence-electron chi connectivity index (χ4n) is 1.88. The second-order valence-electron chi connectivity index (χ2n) is 4.03. The fraction of sp³-hybridized carbons (Fsp3) is 0.0833. The number of nitrogens with zero attached hydrogens (tertiary/aromatic N) is 3. The van der Waals surface area contributed by atoms with Crippen LogP contribution in [0.3, 0.4) is 0 Å². The molecule has 0 bridgehead atoms. The third-order valence-corrected chi connectivity index (χ3v) is 3.10. The lowest BCUT2D eigenvalue weighted by atomic mass is 10.1. The Kier molecular flexibility index (Phi) is 2.53. The molecule has 0 aliphatic heterocycles. The Labute approximate surface area is 112 Å². The van der Waals surface area contributed by atoms with Gasteiger partial charge in [-0.15, -0.1) is 0 Å². The summed E-state index contributed by atoms with van der Waals surface area (Å²) >= 11 is 5.98. The summed E-state index contributed by atoms with van der Waals surface area (Å²) in [6, 6.07) is 6.78. The molecule has 96 valence electrons. The number of aromatic nitrogens is 3. The van der Waals surface area contributed by atoms with Gasteiger partial charge in [0, 0.05) is 24.1 Å². The van der Waals surface area contributed by atoms with Gasteiger partial charge in [-0.2, -0.15) is 5.10 Å². The smallest absolute Gasteiger partial charge is 0.358 e. The summed E-state index contributed by atoms with van der Waals surface area (Å²) in [6.45, 7) is 0. The van der Waals surface area contributed by atoms with Crippen molar-refractivity contribution in [2.75, 3.05) is 0 Å². The average molecular weight is 278 g/mol. The Balaban J connectivity index is 2.14. The molecule has 0 aliphatic rings. The van der Waals surface area contributed by atoms with Crippen LogP contribution in [0.5, 0.6) is 0 Å². The highest BCUT2D eigenvalue weighted by Gasteiger charge is 2.14. The van der Waals surface area contributed by atoms with Crippen LogP contribution < -0.4 is 0 Å². The SMILES string of the molecule is Cn1nc(Cl)c2ccc(-c3cc(C(=O)O)no3)cc21. The Morgan fingerprint density at radius 2 is 2.21 bits per heavy atom. The summed E-state index contributed by atoms with van der Waals surface area (Å²) in [5.74, 6) is -0.740. The molecule has 0 saturated carbocycles. The Morgan fingerprint density at radius 1 is 1.42 bits per heavy atom. The predicted molar refractivity (Wildman–Crippen MR) is 68.2 cm³/mol. The third-order valence-electron chi connectivity index (χ3n) is 2.82. The lowest BCUT2D eigenvalue weighted by Gasteiger charge is -1.97. The third kappa shape index (κ3) is 1.86. The van der Waals surface area contributed by atoms with Crippen molar-refractivity contribution in [1.29, 1.82) is 0 Å². The quantitative estimate of drug-likeness (QED) is 0.778. The lowest BCUT2D eigenvalue weighted by molar-refractivity contribution is 0.0686. The summed E-state index contributed by atoms with van der Waals surface area (Å²) in [4.78, 5) is 10.8. The van der Waals surface area contributed by atoms with E-state index < -0.39 is 5.97 Å². The molecule has 2 aromatic heterocycles. The molecule has 7 heteroatoms. The number of benzene rings is 1. The summed E-state index contributed by atoms with van der Waals surface area (Å²) in [6.07, 6.45) is 0. The molecule has 0 atom stereocenters. The van der Waals surface area contributed by atoms with Crippen LogP contribution in [0.2, 0.25) is 5.15 Å². The largest absolute Gasteiger partial charge is 0.476 e. The normalized spacial score (nSPS) is 11.1. The molecule has 0 fully saturated rings. The first-order valence-electron chi connectivity index (χ1n) is 5.39. The lowest BCUT2D eigenvalue weighted by Crippen LogP contribution is -1.94. The number of carbonyl (C=O) groups is 1. The molecule has 2 heterocycles. The van der Waals surface area contributed by atoms with Crippen molar-refractivity contribution in [2.45, 2.75) is 0 Å². The summed E-state index contributed by atoms with van der Waals surface area (Å²) < 4.78 is 6.66. The van der Waals surface area contributed by atoms with Crippen molar-refractivity contribution in [2.24, 2.45) is 7.05 Å². The molecule has 0 amide bonds. The van der Waals surface area contributed by atoms with E-state index in [2.05, 4.69) is 10.3 Å². The van der Waals surface area contributed by atoms with Crippen LogP contribution in [0.15, 0.2) is 28.8 Å². The fourth-order valence-corrected chi connectivity index (χ4v) is 2.15. The molecule has 3 aromatic rings. The highest BCUT2D eigenvalue weighted by molar-refractivity contribution is 6.34. The van der Waals surface area contributed by atoms with Crippen LogP contribution in [0.1, 0.15) is 10.5 Å². The van der Waals surface area contributed by atoms with Gasteiger partial charge in [0.15, 0.2) is 16.6 Å². The maximum Gasteiger partial charge on any atom is 0.358 e. The van der Waals surface area contributed by atoms with Crippen molar-refractivity contribution in [3.05, 3.63) is 35.1 Å². The van der Waals surface area contributed by atoms with Crippen LogP contribution in [-0.2, 0) is 7.05 Å². The highest BCUT2D eigenvalue weighted by atomic mass is 35.5. The van der Waals surface area contributed by atoms with Gasteiger partial charge in [0.05, 0.1) is 5.52 Å². The van der Waals surface area contributed by atoms with E-state index in [9.17, 15) is 4.79 Å². The van der Waals surface area contributed by atoms with Gasteiger partial charge in [-0.05, 0) is 12.1 Å². The minimum atomic E-state index is -1.13. The van der Waals surface area contributed by atoms with Gasteiger partial charge < -0.3 is 9.63 Å². The summed E-state index contributed by atoms with van der Waals surface area (Å²) in [5, 5.41) is 17.6. The first kappa shape index (κ1) is 11.7. The number of fused-ring (bicyclic) bond motifs is 1. The van der Waals surface area contributed by atoms with Crippen molar-refractivity contribution in [3.63, 3.8) is 0 Å². The molecule has 0 radical (unpaired) electrons. The van der Waals surface area contributed by atoms with Gasteiger partial charge >= 0.3 is 5.97 Å². The number of aromatic carboxylic acids is 1. The number of rotatable bonds is 2. The molecular formula is C12H8ClN3O3. The molecule has 6 nitrogen and oxygen atoms in total. The zero-order valence-electron chi connectivity index (χ0n) is 9.79. The molecule has 0 aliphatic carbocycles. The van der Waals surface area contributed by atoms with Gasteiger partial charge in [0.1, 0.15) is 0 Å². The van der Waals surface area contributed by atoms with Crippen LogP contribution in [0.4, 0.5) is 0 Å². The maximum atomic E-state index is 10.8. The molecule has 19 heavy (non-hydrogen) atoms. The number of halogens is 1. The number of carboxylic acid groups (broad SMARTS) is 1. The Morgan fingerprint density at radius 3 is 2.89 bits per heavy atom. The highest BCUT2D eigenvalue weighted by Crippen LogP contribution is 2.28. The topological polar surface area (TPSA) is 81.2 Å². The predicted octanol–water partition coefficient (Wildman–Crippen LogP) is 2.58. The molecule has 1 aromatic carbocycles. The van der Waals surface area contributed by atoms with Crippen LogP contribution >= 0.6 is 11.6 Å². The van der Waals surface area contributed by atoms with Gasteiger partial charge in [0.25, 0.3) is 0 Å². The first-order chi connectivity index (χ1) is 9.06. The van der Waals surface area contributed by atoms with E-state index in [0.29, 0.717) is 16.5 Å². The molecule has 1 N–H and O–H groups in total. The van der Waals surface area contributed by atoms with E-state index in [4.69, 9.17) is 21.2 Å². The number of hydrogen-bond acceptors (Lipinski definition) is 4. The Bertz CT molecular complexity index is 791. The van der Waals surface area contributed by atoms with Gasteiger partial charge in [-0.1, -0.05) is 22.8 Å². The number of hydrogen-bond donors (Lipinski definition) is 1. The monoisotopic (exact) mass is 277 g/mol. The summed E-state index contributed by atoms with van der Waals surface area (Å²) in [5.41, 5.74) is 1.42. The second-order valence-corrected chi connectivity index (χ2v) is 4.39. The number of carboxylic acids is 1. The van der Waals surface area contributed by atoms with Gasteiger partial charge in [0.2, 0.25) is 0 Å². The Hall–Kier alpha value is -2.34. The molecule has 0 saturated heterocycles. The van der Waals surface area contributed by atoms with E-state index in [-0.39, 0.29) is 5.69 Å². The van der Waals surface area contributed by atoms with Crippen LogP contribution in [0, 0.1) is 0 Å². The van der Waals surface area contributed by atoms with Crippen LogP contribution in [0.25, 0.3) is 22.2 Å². The molecular weight excluding hydrogens is 270 g/mol. The van der Waals surface area contributed by atoms with Gasteiger partial charge in [-0.25, -0.2) is 4.79 Å². The zero-order valence-corrected chi connectivity index (χ0v) is 10.5. The first-order valence-corrected chi connectivity index (χ1v) is 5.76. The average Bonchev–Trinajstić information content (AvgIpc) is 2.96. The van der Waals surface area contributed by atoms with Gasteiger partial charge in [-0.3, -0.25) is 4.68 Å². The van der Waals surface area contributed by atoms with E-state index in [1.165, 1.54) is 6.07 Å². The zero-order chi connectivity index (χ0) is 13.6. The minimum Gasteiger partial charge on any atom is -0.476 e. The second kappa shape index (κ2) is 4.10. The van der Waals surface area contributed by atoms with Crippen molar-refractivity contribution in [3.8, 4) is 11.3 Å². The van der Waals surface area contributed by atoms with Crippen LogP contribution in [-0.4, -0.2) is 26.0 Å². The van der Waals surface area contributed by atoms with E-state index in [0.717, 1.165) is 10.9 Å². The van der Waals surface area contributed by atoms with E-state index in [1.807, 2.05) is 12.1 Å². The minimum absolute atomic E-state index is 0.127. The molecule has 0 unspecified atom stereocenters. The maximum absolute atomic E-state index is 10.8. The standard InChI is InChI=1S/C12H8ClN3O3/c1-16-9-4-6(2-3-7(9)11(13)14-16)10-5-8(12(17)18)15-19-10/h2-5H,1H3,(H,17,18).